The highest BCUT2D eigenvalue weighted by atomic mass is 19.4. The highest BCUT2D eigenvalue weighted by Crippen LogP contribution is 2.37. The average molecular weight is 288 g/mol. The SMILES string of the molecule is Cc1ccc(O)c(CN[C@@H]2CCCC[C@@H]2C(F)(F)F)n1. The Morgan fingerprint density at radius 2 is 2.00 bits per heavy atom. The Morgan fingerprint density at radius 3 is 2.70 bits per heavy atom. The molecule has 0 aromatic carbocycles. The molecule has 0 spiro atoms. The van der Waals surface area contributed by atoms with Gasteiger partial charge in [-0.2, -0.15) is 13.2 Å². The summed E-state index contributed by atoms with van der Waals surface area (Å²) >= 11 is 0. The molecule has 0 aliphatic heterocycles. The van der Waals surface area contributed by atoms with Crippen molar-refractivity contribution in [2.75, 3.05) is 0 Å². The molecule has 112 valence electrons. The number of halogens is 3. The number of pyridine rings is 1. The van der Waals surface area contributed by atoms with Crippen LogP contribution in [-0.4, -0.2) is 22.3 Å². The number of rotatable bonds is 3. The number of nitrogens with one attached hydrogen (secondary N) is 1. The highest BCUT2D eigenvalue weighted by Gasteiger charge is 2.45. The first-order valence-corrected chi connectivity index (χ1v) is 6.83. The quantitative estimate of drug-likeness (QED) is 0.897. The van der Waals surface area contributed by atoms with Gasteiger partial charge in [0.15, 0.2) is 0 Å². The fourth-order valence-corrected chi connectivity index (χ4v) is 2.73. The minimum absolute atomic E-state index is 0.0162. The monoisotopic (exact) mass is 288 g/mol. The fraction of sp³-hybridized carbons (Fsp3) is 0.643. The molecule has 1 aromatic heterocycles. The summed E-state index contributed by atoms with van der Waals surface area (Å²) in [6, 6.07) is 2.59. The molecule has 0 bridgehead atoms. The Hall–Kier alpha value is -1.30. The molecular formula is C14H19F3N2O. The van der Waals surface area contributed by atoms with Gasteiger partial charge in [-0.15, -0.1) is 0 Å². The standard InChI is InChI=1S/C14H19F3N2O/c1-9-6-7-13(20)12(19-9)8-18-11-5-3-2-4-10(11)14(15,16)17/h6-7,10-11,18,20H,2-5,8H2,1H3/t10-,11+/m0/s1. The minimum atomic E-state index is -4.17. The van der Waals surface area contributed by atoms with Gasteiger partial charge in [-0.1, -0.05) is 12.8 Å². The van der Waals surface area contributed by atoms with E-state index in [9.17, 15) is 18.3 Å². The molecule has 1 heterocycles. The van der Waals surface area contributed by atoms with Gasteiger partial charge >= 0.3 is 6.18 Å². The van der Waals surface area contributed by atoms with E-state index in [1.165, 1.54) is 6.07 Å². The van der Waals surface area contributed by atoms with E-state index in [1.54, 1.807) is 13.0 Å². The minimum Gasteiger partial charge on any atom is -0.506 e. The van der Waals surface area contributed by atoms with Crippen molar-refractivity contribution in [3.8, 4) is 5.75 Å². The summed E-state index contributed by atoms with van der Waals surface area (Å²) in [5, 5.41) is 12.6. The van der Waals surface area contributed by atoms with Crippen LogP contribution in [0.3, 0.4) is 0 Å². The lowest BCUT2D eigenvalue weighted by atomic mass is 9.84. The summed E-state index contributed by atoms with van der Waals surface area (Å²) in [4.78, 5) is 4.15. The fourth-order valence-electron chi connectivity index (χ4n) is 2.73. The Balaban J connectivity index is 2.03. The van der Waals surface area contributed by atoms with Crippen molar-refractivity contribution in [3.63, 3.8) is 0 Å². The van der Waals surface area contributed by atoms with E-state index in [0.29, 0.717) is 18.5 Å². The molecule has 3 nitrogen and oxygen atoms in total. The second-order valence-electron chi connectivity index (χ2n) is 5.34. The third-order valence-corrected chi connectivity index (χ3v) is 3.81. The van der Waals surface area contributed by atoms with Crippen LogP contribution in [0, 0.1) is 12.8 Å². The van der Waals surface area contributed by atoms with Crippen molar-refractivity contribution in [1.29, 1.82) is 0 Å². The lowest BCUT2D eigenvalue weighted by molar-refractivity contribution is -0.189. The summed E-state index contributed by atoms with van der Waals surface area (Å²) < 4.78 is 38.9. The van der Waals surface area contributed by atoms with Gasteiger partial charge in [-0.3, -0.25) is 4.98 Å². The third kappa shape index (κ3) is 3.62. The summed E-state index contributed by atoms with van der Waals surface area (Å²) in [5.41, 5.74) is 1.13. The molecule has 0 unspecified atom stereocenters. The lowest BCUT2D eigenvalue weighted by Crippen LogP contribution is -2.45. The van der Waals surface area contributed by atoms with E-state index in [4.69, 9.17) is 0 Å². The number of hydrogen-bond acceptors (Lipinski definition) is 3. The number of nitrogens with zero attached hydrogens (tertiary/aromatic N) is 1. The summed E-state index contributed by atoms with van der Waals surface area (Å²) in [5.74, 6) is -1.29. The largest absolute Gasteiger partial charge is 0.506 e. The Kier molecular flexibility index (Phi) is 4.52. The third-order valence-electron chi connectivity index (χ3n) is 3.81. The van der Waals surface area contributed by atoms with E-state index in [2.05, 4.69) is 10.3 Å². The maximum Gasteiger partial charge on any atom is 0.393 e. The van der Waals surface area contributed by atoms with Crippen molar-refractivity contribution >= 4 is 0 Å². The van der Waals surface area contributed by atoms with Gasteiger partial charge in [-0.25, -0.2) is 0 Å². The molecule has 2 atom stereocenters. The van der Waals surface area contributed by atoms with Crippen molar-refractivity contribution in [2.24, 2.45) is 5.92 Å². The van der Waals surface area contributed by atoms with Crippen LogP contribution in [0.25, 0.3) is 0 Å². The zero-order chi connectivity index (χ0) is 14.8. The molecule has 1 saturated carbocycles. The second kappa shape index (κ2) is 5.99. The smallest absolute Gasteiger partial charge is 0.393 e. The van der Waals surface area contributed by atoms with Gasteiger partial charge in [-0.05, 0) is 31.9 Å². The first kappa shape index (κ1) is 15.1. The molecule has 2 rings (SSSR count). The van der Waals surface area contributed by atoms with E-state index in [0.717, 1.165) is 12.1 Å². The Bertz CT molecular complexity index is 462. The van der Waals surface area contributed by atoms with Crippen LogP contribution in [0.5, 0.6) is 5.75 Å². The molecule has 1 aliphatic carbocycles. The molecule has 0 radical (unpaired) electrons. The lowest BCUT2D eigenvalue weighted by Gasteiger charge is -2.33. The maximum atomic E-state index is 13.0. The maximum absolute atomic E-state index is 13.0. The van der Waals surface area contributed by atoms with Gasteiger partial charge in [0.1, 0.15) is 5.75 Å². The zero-order valence-corrected chi connectivity index (χ0v) is 11.4. The molecule has 1 aliphatic rings. The van der Waals surface area contributed by atoms with Crippen LogP contribution >= 0.6 is 0 Å². The van der Waals surface area contributed by atoms with E-state index in [1.807, 2.05) is 0 Å². The molecule has 1 fully saturated rings. The molecule has 6 heteroatoms. The first-order chi connectivity index (χ1) is 9.38. The Labute approximate surface area is 116 Å². The van der Waals surface area contributed by atoms with Crippen LogP contribution < -0.4 is 5.32 Å². The van der Waals surface area contributed by atoms with Gasteiger partial charge < -0.3 is 10.4 Å². The predicted molar refractivity (Wildman–Crippen MR) is 69.3 cm³/mol. The average Bonchev–Trinajstić information content (AvgIpc) is 2.39. The number of hydrogen-bond donors (Lipinski definition) is 2. The molecule has 1 aromatic rings. The van der Waals surface area contributed by atoms with E-state index in [-0.39, 0.29) is 18.7 Å². The van der Waals surface area contributed by atoms with Gasteiger partial charge in [0.2, 0.25) is 0 Å². The molecule has 20 heavy (non-hydrogen) atoms. The first-order valence-electron chi connectivity index (χ1n) is 6.83. The van der Waals surface area contributed by atoms with Crippen molar-refractivity contribution in [3.05, 3.63) is 23.5 Å². The number of aromatic hydroxyl groups is 1. The van der Waals surface area contributed by atoms with Crippen LogP contribution in [0.4, 0.5) is 13.2 Å². The second-order valence-corrected chi connectivity index (χ2v) is 5.34. The molecule has 2 N–H and O–H groups in total. The Morgan fingerprint density at radius 1 is 1.30 bits per heavy atom. The number of aryl methyl sites for hydroxylation is 1. The van der Waals surface area contributed by atoms with Crippen molar-refractivity contribution in [1.82, 2.24) is 10.3 Å². The number of aromatic nitrogens is 1. The summed E-state index contributed by atoms with van der Waals surface area (Å²) in [7, 11) is 0. The zero-order valence-electron chi connectivity index (χ0n) is 11.4. The summed E-state index contributed by atoms with van der Waals surface area (Å²) in [6.45, 7) is 1.94. The van der Waals surface area contributed by atoms with Crippen molar-refractivity contribution in [2.45, 2.75) is 51.4 Å². The normalized spacial score (nSPS) is 23.8. The van der Waals surface area contributed by atoms with E-state index >= 15 is 0 Å². The topological polar surface area (TPSA) is 45.1 Å². The van der Waals surface area contributed by atoms with Crippen LogP contribution in [0.1, 0.15) is 37.1 Å². The van der Waals surface area contributed by atoms with Crippen LogP contribution in [0.2, 0.25) is 0 Å². The molecule has 0 saturated heterocycles. The van der Waals surface area contributed by atoms with Gasteiger partial charge in [0.05, 0.1) is 11.6 Å². The van der Waals surface area contributed by atoms with Gasteiger partial charge in [0, 0.05) is 18.3 Å². The summed E-state index contributed by atoms with van der Waals surface area (Å²) in [6.07, 6.45) is -2.06. The van der Waals surface area contributed by atoms with Crippen LogP contribution in [-0.2, 0) is 6.54 Å². The molecular weight excluding hydrogens is 269 g/mol. The van der Waals surface area contributed by atoms with Crippen molar-refractivity contribution < 1.29 is 18.3 Å². The predicted octanol–water partition coefficient (Wildman–Crippen LogP) is 3.31. The van der Waals surface area contributed by atoms with Gasteiger partial charge in [0.25, 0.3) is 0 Å². The highest BCUT2D eigenvalue weighted by molar-refractivity contribution is 5.27. The van der Waals surface area contributed by atoms with Crippen LogP contribution in [0.15, 0.2) is 12.1 Å². The van der Waals surface area contributed by atoms with E-state index < -0.39 is 18.1 Å². The molecule has 0 amide bonds. The number of alkyl halides is 3.